The van der Waals surface area contributed by atoms with Gasteiger partial charge >= 0.3 is 6.18 Å². The molecule has 10 heteroatoms. The molecule has 2 aromatic rings. The molecule has 1 saturated heterocycles. The van der Waals surface area contributed by atoms with Gasteiger partial charge in [-0.1, -0.05) is 12.1 Å². The Bertz CT molecular complexity index is 824. The summed E-state index contributed by atoms with van der Waals surface area (Å²) in [4.78, 5) is 14.1. The SMILES string of the molecule is CC1CC(CN)CN1C(=O)c1cnn(-c2ccccc2F)c1C(F)(F)F.Cl. The van der Waals surface area contributed by atoms with E-state index in [0.29, 0.717) is 24.2 Å². The maximum absolute atomic E-state index is 14.0. The number of carbonyl (C=O) groups excluding carboxylic acids is 1. The number of halogens is 5. The van der Waals surface area contributed by atoms with Crippen molar-refractivity contribution in [3.8, 4) is 5.69 Å². The van der Waals surface area contributed by atoms with Crippen molar-refractivity contribution in [1.82, 2.24) is 14.7 Å². The average Bonchev–Trinajstić information content (AvgIpc) is 3.18. The highest BCUT2D eigenvalue weighted by molar-refractivity contribution is 5.96. The smallest absolute Gasteiger partial charge is 0.335 e. The number of amides is 1. The quantitative estimate of drug-likeness (QED) is 0.796. The third kappa shape index (κ3) is 3.93. The van der Waals surface area contributed by atoms with Gasteiger partial charge in [0.1, 0.15) is 11.5 Å². The van der Waals surface area contributed by atoms with Gasteiger partial charge in [-0.2, -0.15) is 18.3 Å². The summed E-state index contributed by atoms with van der Waals surface area (Å²) in [7, 11) is 0. The normalized spacial score (nSPS) is 19.9. The summed E-state index contributed by atoms with van der Waals surface area (Å²) in [5.41, 5.74) is 3.38. The highest BCUT2D eigenvalue weighted by Crippen LogP contribution is 2.35. The fraction of sp³-hybridized carbons (Fsp3) is 0.412. The zero-order chi connectivity index (χ0) is 19.1. The predicted octanol–water partition coefficient (Wildman–Crippen LogP) is 3.26. The van der Waals surface area contributed by atoms with Crippen LogP contribution in [0, 0.1) is 11.7 Å². The summed E-state index contributed by atoms with van der Waals surface area (Å²) in [6, 6.07) is 4.74. The van der Waals surface area contributed by atoms with Crippen molar-refractivity contribution in [2.75, 3.05) is 13.1 Å². The number of para-hydroxylation sites is 1. The van der Waals surface area contributed by atoms with E-state index in [2.05, 4.69) is 5.10 Å². The molecule has 1 fully saturated rings. The van der Waals surface area contributed by atoms with Crippen LogP contribution in [0.4, 0.5) is 17.6 Å². The van der Waals surface area contributed by atoms with Crippen LogP contribution in [0.25, 0.3) is 5.69 Å². The van der Waals surface area contributed by atoms with Gasteiger partial charge in [0.05, 0.1) is 11.8 Å². The molecule has 1 aliphatic heterocycles. The average molecular weight is 407 g/mol. The van der Waals surface area contributed by atoms with Crippen molar-refractivity contribution in [1.29, 1.82) is 0 Å². The van der Waals surface area contributed by atoms with Gasteiger partial charge in [0.2, 0.25) is 0 Å². The Morgan fingerprint density at radius 2 is 2.00 bits per heavy atom. The van der Waals surface area contributed by atoms with E-state index >= 15 is 0 Å². The lowest BCUT2D eigenvalue weighted by Gasteiger charge is -2.22. The van der Waals surface area contributed by atoms with Crippen LogP contribution in [0.15, 0.2) is 30.5 Å². The lowest BCUT2D eigenvalue weighted by molar-refractivity contribution is -0.143. The molecule has 1 aromatic carbocycles. The van der Waals surface area contributed by atoms with Crippen LogP contribution in [0.2, 0.25) is 0 Å². The molecule has 0 saturated carbocycles. The van der Waals surface area contributed by atoms with Gasteiger partial charge < -0.3 is 10.6 Å². The molecular formula is C17H19ClF4N4O. The van der Waals surface area contributed by atoms with Crippen LogP contribution in [-0.2, 0) is 6.18 Å². The monoisotopic (exact) mass is 406 g/mol. The molecule has 0 radical (unpaired) electrons. The molecular weight excluding hydrogens is 388 g/mol. The van der Waals surface area contributed by atoms with Crippen molar-refractivity contribution < 1.29 is 22.4 Å². The van der Waals surface area contributed by atoms with Gasteiger partial charge in [-0.25, -0.2) is 9.07 Å². The maximum atomic E-state index is 14.0. The largest absolute Gasteiger partial charge is 0.434 e. The predicted molar refractivity (Wildman–Crippen MR) is 93.4 cm³/mol. The van der Waals surface area contributed by atoms with Crippen molar-refractivity contribution in [2.24, 2.45) is 11.7 Å². The summed E-state index contributed by atoms with van der Waals surface area (Å²) >= 11 is 0. The highest BCUT2D eigenvalue weighted by atomic mass is 35.5. The Labute approximate surface area is 159 Å². The number of benzene rings is 1. The van der Waals surface area contributed by atoms with Gasteiger partial charge in [0.25, 0.3) is 5.91 Å². The summed E-state index contributed by atoms with van der Waals surface area (Å²) < 4.78 is 55.4. The number of alkyl halides is 3. The van der Waals surface area contributed by atoms with Gasteiger partial charge in [-0.15, -0.1) is 12.4 Å². The van der Waals surface area contributed by atoms with Gasteiger partial charge in [-0.05, 0) is 37.9 Å². The standard InChI is InChI=1S/C17H18F4N4O.ClH/c1-10-6-11(7-22)9-24(10)16(26)12-8-23-25(15(12)17(19,20)21)14-5-3-2-4-13(14)18;/h2-5,8,10-11H,6-7,9,22H2,1H3;1H. The fourth-order valence-electron chi connectivity index (χ4n) is 3.33. The number of nitrogens with zero attached hydrogens (tertiary/aromatic N) is 3. The van der Waals surface area contributed by atoms with E-state index in [1.54, 1.807) is 6.92 Å². The van der Waals surface area contributed by atoms with Crippen LogP contribution >= 0.6 is 12.4 Å². The Morgan fingerprint density at radius 3 is 2.56 bits per heavy atom. The minimum absolute atomic E-state index is 0. The second kappa shape index (κ2) is 7.85. The topological polar surface area (TPSA) is 64.2 Å². The number of aromatic nitrogens is 2. The van der Waals surface area contributed by atoms with E-state index in [4.69, 9.17) is 5.73 Å². The molecule has 0 bridgehead atoms. The van der Waals surface area contributed by atoms with E-state index in [-0.39, 0.29) is 30.1 Å². The third-order valence-electron chi connectivity index (χ3n) is 4.60. The summed E-state index contributed by atoms with van der Waals surface area (Å²) in [6.45, 7) is 2.41. The van der Waals surface area contributed by atoms with E-state index in [1.807, 2.05) is 0 Å². The van der Waals surface area contributed by atoms with E-state index in [9.17, 15) is 22.4 Å². The molecule has 1 amide bonds. The van der Waals surface area contributed by atoms with E-state index in [1.165, 1.54) is 23.1 Å². The maximum Gasteiger partial charge on any atom is 0.434 e. The number of carbonyl (C=O) groups is 1. The molecule has 148 valence electrons. The lowest BCUT2D eigenvalue weighted by Crippen LogP contribution is -2.35. The molecule has 2 heterocycles. The fourth-order valence-corrected chi connectivity index (χ4v) is 3.33. The molecule has 3 rings (SSSR count). The number of likely N-dealkylation sites (tertiary alicyclic amines) is 1. The Hall–Kier alpha value is -2.13. The van der Waals surface area contributed by atoms with Gasteiger partial charge in [0, 0.05) is 12.6 Å². The zero-order valence-electron chi connectivity index (χ0n) is 14.4. The Balaban J connectivity index is 0.00000261. The Morgan fingerprint density at radius 1 is 1.33 bits per heavy atom. The van der Waals surface area contributed by atoms with Crippen LogP contribution in [-0.4, -0.2) is 39.7 Å². The first-order chi connectivity index (χ1) is 12.2. The van der Waals surface area contributed by atoms with E-state index < -0.39 is 29.2 Å². The first-order valence-corrected chi connectivity index (χ1v) is 8.15. The minimum Gasteiger partial charge on any atom is -0.335 e. The molecule has 2 atom stereocenters. The van der Waals surface area contributed by atoms with Crippen molar-refractivity contribution >= 4 is 18.3 Å². The summed E-state index contributed by atoms with van der Waals surface area (Å²) in [6.07, 6.45) is -3.40. The van der Waals surface area contributed by atoms with Crippen LogP contribution in [0.3, 0.4) is 0 Å². The molecule has 5 nitrogen and oxygen atoms in total. The zero-order valence-corrected chi connectivity index (χ0v) is 15.2. The second-order valence-electron chi connectivity index (χ2n) is 6.41. The van der Waals surface area contributed by atoms with Gasteiger partial charge in [0.15, 0.2) is 5.69 Å². The van der Waals surface area contributed by atoms with Crippen LogP contribution in [0.1, 0.15) is 29.4 Å². The first kappa shape index (κ1) is 21.2. The molecule has 1 aromatic heterocycles. The summed E-state index contributed by atoms with van der Waals surface area (Å²) in [5.74, 6) is -1.59. The molecule has 0 spiro atoms. The molecule has 2 unspecified atom stereocenters. The Kier molecular flexibility index (Phi) is 6.16. The van der Waals surface area contributed by atoms with Crippen molar-refractivity contribution in [3.63, 3.8) is 0 Å². The second-order valence-corrected chi connectivity index (χ2v) is 6.41. The van der Waals surface area contributed by atoms with Crippen molar-refractivity contribution in [2.45, 2.75) is 25.6 Å². The molecule has 2 N–H and O–H groups in total. The molecule has 27 heavy (non-hydrogen) atoms. The van der Waals surface area contributed by atoms with Crippen LogP contribution in [0.5, 0.6) is 0 Å². The highest BCUT2D eigenvalue weighted by Gasteiger charge is 2.43. The number of hydrogen-bond donors (Lipinski definition) is 1. The van der Waals surface area contributed by atoms with E-state index in [0.717, 1.165) is 12.3 Å². The molecule has 0 aliphatic carbocycles. The molecule has 1 aliphatic rings. The number of hydrogen-bond acceptors (Lipinski definition) is 3. The lowest BCUT2D eigenvalue weighted by atomic mass is 10.1. The number of nitrogens with two attached hydrogens (primary N) is 1. The minimum atomic E-state index is -4.87. The van der Waals surface area contributed by atoms with Crippen LogP contribution < -0.4 is 5.73 Å². The first-order valence-electron chi connectivity index (χ1n) is 8.15. The third-order valence-corrected chi connectivity index (χ3v) is 4.60. The van der Waals surface area contributed by atoms with Crippen molar-refractivity contribution in [3.05, 3.63) is 47.5 Å². The number of rotatable bonds is 3. The van der Waals surface area contributed by atoms with Gasteiger partial charge in [-0.3, -0.25) is 4.79 Å². The summed E-state index contributed by atoms with van der Waals surface area (Å²) in [5, 5.41) is 3.65.